The lowest BCUT2D eigenvalue weighted by Crippen LogP contribution is -2.57. The molecule has 0 fully saturated rings. The van der Waals surface area contributed by atoms with Crippen LogP contribution in [0.1, 0.15) is 5.82 Å². The maximum atomic E-state index is 14.9. The Bertz CT molecular complexity index is 1740. The van der Waals surface area contributed by atoms with Gasteiger partial charge in [-0.25, -0.2) is 24.3 Å². The van der Waals surface area contributed by atoms with Gasteiger partial charge in [0.1, 0.15) is 36.7 Å². The number of nitrogens with zero attached hydrogens (tertiary/aromatic N) is 5. The average molecular weight is 484 g/mol. The number of nitrogens with one attached hydrogen (secondary N) is 2. The molecule has 16 heteroatoms. The van der Waals surface area contributed by atoms with Crippen molar-refractivity contribution in [2.45, 2.75) is 15.8 Å². The summed E-state index contributed by atoms with van der Waals surface area (Å²) >= 11 is 0. The van der Waals surface area contributed by atoms with Gasteiger partial charge in [0, 0.05) is 29.0 Å². The highest BCUT2D eigenvalue weighted by molar-refractivity contribution is 6.68. The predicted octanol–water partition coefficient (Wildman–Crippen LogP) is -0.549. The normalized spacial score (nSPS) is 13.9. The predicted molar refractivity (Wildman–Crippen MR) is 150 cm³/mol. The third kappa shape index (κ3) is 3.97. The van der Waals surface area contributed by atoms with Crippen molar-refractivity contribution in [1.29, 1.82) is 0 Å². The minimum atomic E-state index is -2.46. The smallest absolute Gasteiger partial charge is 0.269 e. The van der Waals surface area contributed by atoms with Gasteiger partial charge >= 0.3 is 0 Å². The summed E-state index contributed by atoms with van der Waals surface area (Å²) in [6, 6.07) is 12.1. The number of hydrogen-bond donors (Lipinski definition) is 2. The first-order valence-corrected chi connectivity index (χ1v) is 11.1. The minimum absolute atomic E-state index is 0.000533. The van der Waals surface area contributed by atoms with Crippen LogP contribution in [0.25, 0.3) is 27.8 Å². The molecule has 1 unspecified atom stereocenters. The summed E-state index contributed by atoms with van der Waals surface area (Å²) in [5, 5.41) is -2.24. The van der Waals surface area contributed by atoms with E-state index < -0.39 is 27.1 Å². The Kier molecular flexibility index (Phi) is 6.12. The number of halogens is 1. The molecule has 0 aliphatic heterocycles. The van der Waals surface area contributed by atoms with E-state index in [9.17, 15) is 9.18 Å². The molecule has 0 aliphatic rings. The lowest BCUT2D eigenvalue weighted by atomic mass is 9.18. The Morgan fingerprint density at radius 3 is 2.32 bits per heavy atom. The summed E-state index contributed by atoms with van der Waals surface area (Å²) in [4.78, 5) is 33.4. The van der Waals surface area contributed by atoms with E-state index in [-0.39, 0.29) is 45.1 Å². The Hall–Kier alpha value is -3.69. The molecule has 3 aromatic heterocycles. The van der Waals surface area contributed by atoms with E-state index in [1.54, 1.807) is 30.3 Å². The largest absolute Gasteiger partial charge is 0.365 e. The van der Waals surface area contributed by atoms with Crippen LogP contribution in [0.15, 0.2) is 59.7 Å². The van der Waals surface area contributed by atoms with Gasteiger partial charge in [-0.1, -0.05) is 29.5 Å². The van der Waals surface area contributed by atoms with Crippen molar-refractivity contribution in [3.8, 4) is 5.69 Å². The molecule has 5 rings (SSSR count). The molecule has 14 radical (unpaired) electrons. The Morgan fingerprint density at radius 2 is 1.63 bits per heavy atom. The second kappa shape index (κ2) is 8.96. The fourth-order valence-corrected chi connectivity index (χ4v) is 4.08. The zero-order chi connectivity index (χ0) is 27.5. The molecule has 3 heterocycles. The molecule has 0 aliphatic carbocycles. The summed E-state index contributed by atoms with van der Waals surface area (Å²) in [5.41, 5.74) is -2.53. The maximum absolute atomic E-state index is 14.9. The van der Waals surface area contributed by atoms with E-state index in [2.05, 4.69) is 30.2 Å². The summed E-state index contributed by atoms with van der Waals surface area (Å²) in [5.74, 6) is -1.10. The van der Waals surface area contributed by atoms with Crippen LogP contribution in [-0.4, -0.2) is 84.4 Å². The van der Waals surface area contributed by atoms with E-state index in [1.165, 1.54) is 18.5 Å². The third-order valence-corrected chi connectivity index (χ3v) is 6.21. The van der Waals surface area contributed by atoms with Crippen LogP contribution < -0.4 is 16.6 Å². The molecule has 2 aromatic carbocycles. The fraction of sp³-hybridized carbons (Fsp3) is 0.136. The molecule has 1 atom stereocenters. The van der Waals surface area contributed by atoms with Crippen LogP contribution in [0.2, 0.25) is 10.3 Å². The number of anilines is 1. The van der Waals surface area contributed by atoms with Gasteiger partial charge in [0.25, 0.3) is 5.56 Å². The third-order valence-electron chi connectivity index (χ3n) is 6.21. The Morgan fingerprint density at radius 1 is 0.921 bits per heavy atom. The molecular weight excluding hydrogens is 473 g/mol. The summed E-state index contributed by atoms with van der Waals surface area (Å²) in [6.07, 6.45) is 1.17. The zero-order valence-electron chi connectivity index (χ0n) is 19.8. The molecule has 0 saturated carbocycles. The standard InChI is InChI=1S/C22H11B7FN7O/c23-19-34-14-15(35-19)31-9-32-16(14)36-20(24,21(25,26)22(27,28)29)18-33-12-8-4-7-11(30)13(12)17(38)37(18)10-5-2-1-3-6-10/h1-9H,(H2,31,32,34,35,36). The minimum Gasteiger partial charge on any atom is -0.365 e. The quantitative estimate of drug-likeness (QED) is 0.314. The first kappa shape index (κ1) is 25.9. The molecule has 38 heavy (non-hydrogen) atoms. The van der Waals surface area contributed by atoms with Gasteiger partial charge < -0.3 is 10.3 Å². The van der Waals surface area contributed by atoms with E-state index in [0.717, 1.165) is 10.6 Å². The van der Waals surface area contributed by atoms with Crippen molar-refractivity contribution in [2.24, 2.45) is 0 Å². The highest BCUT2D eigenvalue weighted by atomic mass is 19.1. The topological polar surface area (TPSA) is 101 Å². The molecule has 0 amide bonds. The van der Waals surface area contributed by atoms with Crippen LogP contribution in [0, 0.1) is 5.82 Å². The molecule has 168 valence electrons. The van der Waals surface area contributed by atoms with Crippen molar-refractivity contribution in [3.63, 3.8) is 0 Å². The molecule has 5 aromatic rings. The molecule has 0 spiro atoms. The maximum Gasteiger partial charge on any atom is 0.269 e. The van der Waals surface area contributed by atoms with Crippen molar-refractivity contribution >= 4 is 88.5 Å². The van der Waals surface area contributed by atoms with Crippen LogP contribution in [0.3, 0.4) is 0 Å². The van der Waals surface area contributed by atoms with Gasteiger partial charge in [0.2, 0.25) is 0 Å². The number of fused-ring (bicyclic) bond motifs is 2. The monoisotopic (exact) mass is 485 g/mol. The van der Waals surface area contributed by atoms with Crippen LogP contribution in [-0.2, 0) is 5.44 Å². The first-order chi connectivity index (χ1) is 17.8. The second-order valence-electron chi connectivity index (χ2n) is 8.82. The summed E-state index contributed by atoms with van der Waals surface area (Å²) in [6.45, 7) is 0. The number of benzene rings is 2. The number of aromatic amines is 1. The van der Waals surface area contributed by atoms with Crippen LogP contribution in [0.5, 0.6) is 0 Å². The average Bonchev–Trinajstić information content (AvgIpc) is 3.24. The number of rotatable bonds is 6. The van der Waals surface area contributed by atoms with E-state index in [1.807, 2.05) is 0 Å². The molecule has 0 bridgehead atoms. The van der Waals surface area contributed by atoms with Crippen LogP contribution >= 0.6 is 0 Å². The number of hydrogen-bond acceptors (Lipinski definition) is 6. The van der Waals surface area contributed by atoms with E-state index >= 15 is 0 Å². The van der Waals surface area contributed by atoms with Crippen molar-refractivity contribution in [3.05, 3.63) is 76.9 Å². The second-order valence-corrected chi connectivity index (χ2v) is 8.82. The number of H-pyrrole nitrogens is 1. The van der Waals surface area contributed by atoms with Crippen LogP contribution in [0.4, 0.5) is 10.2 Å². The van der Waals surface area contributed by atoms with E-state index in [0.29, 0.717) is 0 Å². The van der Waals surface area contributed by atoms with Crippen molar-refractivity contribution in [2.75, 3.05) is 5.32 Å². The SMILES string of the molecule is [B]c1nc2ncnc(NC([B])(c3nc4cccc(F)c4c(=O)n3-c3ccccc3)C([B])([B])C([B])([B])[B])c2[nH]1. The lowest BCUT2D eigenvalue weighted by Gasteiger charge is -2.55. The highest BCUT2D eigenvalue weighted by Gasteiger charge is 2.50. The summed E-state index contributed by atoms with van der Waals surface area (Å²) < 4.78 is 15.9. The molecule has 2 N–H and O–H groups in total. The lowest BCUT2D eigenvalue weighted by molar-refractivity contribution is 0.522. The summed E-state index contributed by atoms with van der Waals surface area (Å²) in [7, 11) is 43.6. The molecular formula is C22H11B7FN7O. The number of aromatic nitrogens is 6. The van der Waals surface area contributed by atoms with Gasteiger partial charge in [0.05, 0.1) is 32.6 Å². The van der Waals surface area contributed by atoms with Crippen molar-refractivity contribution in [1.82, 2.24) is 29.5 Å². The fourth-order valence-electron chi connectivity index (χ4n) is 4.08. The highest BCUT2D eigenvalue weighted by Crippen LogP contribution is 2.52. The van der Waals surface area contributed by atoms with Gasteiger partial charge in [-0.05, 0) is 24.3 Å². The van der Waals surface area contributed by atoms with Gasteiger partial charge in [0.15, 0.2) is 19.3 Å². The van der Waals surface area contributed by atoms with Gasteiger partial charge in [-0.3, -0.25) is 9.36 Å². The number of imidazole rings is 1. The molecule has 8 nitrogen and oxygen atoms in total. The molecule has 0 saturated heterocycles. The van der Waals surface area contributed by atoms with Crippen molar-refractivity contribution < 1.29 is 4.39 Å². The Balaban J connectivity index is 1.90. The first-order valence-electron chi connectivity index (χ1n) is 11.1. The zero-order valence-corrected chi connectivity index (χ0v) is 19.8. The van der Waals surface area contributed by atoms with E-state index in [4.69, 9.17) is 54.9 Å². The van der Waals surface area contributed by atoms with Gasteiger partial charge in [-0.2, -0.15) is 0 Å². The van der Waals surface area contributed by atoms with Gasteiger partial charge in [-0.15, -0.1) is 5.11 Å². The Labute approximate surface area is 225 Å². The number of para-hydroxylation sites is 1.